The van der Waals surface area contributed by atoms with Crippen molar-refractivity contribution in [3.63, 3.8) is 0 Å². The van der Waals surface area contributed by atoms with Crippen molar-refractivity contribution >= 4 is 23.2 Å². The largest absolute Gasteiger partial charge is 0.486 e. The molecule has 0 spiro atoms. The van der Waals surface area contributed by atoms with Gasteiger partial charge in [-0.05, 0) is 29.2 Å². The Hall–Kier alpha value is -3.02. The molecule has 1 aliphatic heterocycles. The minimum absolute atomic E-state index is 0.157. The van der Waals surface area contributed by atoms with E-state index in [1.165, 1.54) is 0 Å². The summed E-state index contributed by atoms with van der Waals surface area (Å²) in [5.74, 6) is -0.299. The van der Waals surface area contributed by atoms with Crippen LogP contribution in [0.15, 0.2) is 42.5 Å². The highest BCUT2D eigenvalue weighted by Crippen LogP contribution is 2.32. The summed E-state index contributed by atoms with van der Waals surface area (Å²) in [5.41, 5.74) is 1.90. The lowest BCUT2D eigenvalue weighted by molar-refractivity contribution is -0.133. The van der Waals surface area contributed by atoms with Crippen LogP contribution in [0.5, 0.6) is 11.5 Å². The Morgan fingerprint density at radius 2 is 1.54 bits per heavy atom. The van der Waals surface area contributed by atoms with Crippen LogP contribution in [-0.2, 0) is 15.0 Å². The number of anilines is 2. The molecule has 26 heavy (non-hydrogen) atoms. The fourth-order valence-electron chi connectivity index (χ4n) is 2.73. The van der Waals surface area contributed by atoms with Crippen molar-refractivity contribution in [1.82, 2.24) is 0 Å². The third-order valence-electron chi connectivity index (χ3n) is 3.99. The molecule has 3 rings (SSSR count). The number of rotatable bonds is 2. The molecule has 2 N–H and O–H groups in total. The molecule has 0 bridgehead atoms. The highest BCUT2D eigenvalue weighted by molar-refractivity contribution is 6.43. The van der Waals surface area contributed by atoms with Crippen LogP contribution >= 0.6 is 0 Å². The first kappa shape index (κ1) is 17.8. The van der Waals surface area contributed by atoms with Crippen LogP contribution in [0.3, 0.4) is 0 Å². The molecule has 0 fully saturated rings. The van der Waals surface area contributed by atoms with Crippen molar-refractivity contribution < 1.29 is 19.1 Å². The van der Waals surface area contributed by atoms with Crippen molar-refractivity contribution in [1.29, 1.82) is 0 Å². The summed E-state index contributed by atoms with van der Waals surface area (Å²) in [4.78, 5) is 24.6. The van der Waals surface area contributed by atoms with E-state index in [1.807, 2.05) is 39.0 Å². The summed E-state index contributed by atoms with van der Waals surface area (Å²) >= 11 is 0. The van der Waals surface area contributed by atoms with Gasteiger partial charge in [0.15, 0.2) is 11.5 Å². The van der Waals surface area contributed by atoms with Crippen molar-refractivity contribution in [3.05, 3.63) is 48.0 Å². The number of benzene rings is 2. The molecule has 0 saturated heterocycles. The first-order valence-electron chi connectivity index (χ1n) is 8.46. The standard InChI is InChI=1S/C20H22N2O4/c1-20(2,3)14-6-4-5-7-15(14)22-19(24)18(23)21-13-8-9-16-17(12-13)26-11-10-25-16/h4-9,12H,10-11H2,1-3H3,(H,21,23)(H,22,24). The number of nitrogens with one attached hydrogen (secondary N) is 2. The number of carbonyl (C=O) groups is 2. The quantitative estimate of drug-likeness (QED) is 0.811. The van der Waals surface area contributed by atoms with Gasteiger partial charge in [0, 0.05) is 17.4 Å². The van der Waals surface area contributed by atoms with E-state index in [1.54, 1.807) is 24.3 Å². The van der Waals surface area contributed by atoms with Crippen LogP contribution in [-0.4, -0.2) is 25.0 Å². The van der Waals surface area contributed by atoms with Gasteiger partial charge in [0.2, 0.25) is 0 Å². The molecule has 6 heteroatoms. The molecule has 1 heterocycles. The van der Waals surface area contributed by atoms with E-state index in [9.17, 15) is 9.59 Å². The van der Waals surface area contributed by atoms with E-state index >= 15 is 0 Å². The summed E-state index contributed by atoms with van der Waals surface area (Å²) in [6.07, 6.45) is 0. The van der Waals surface area contributed by atoms with Crippen LogP contribution in [0.1, 0.15) is 26.3 Å². The number of carbonyl (C=O) groups excluding carboxylic acids is 2. The van der Waals surface area contributed by atoms with E-state index < -0.39 is 11.8 Å². The highest BCUT2D eigenvalue weighted by Gasteiger charge is 2.21. The first-order chi connectivity index (χ1) is 12.3. The lowest BCUT2D eigenvalue weighted by Gasteiger charge is -2.23. The molecule has 0 aromatic heterocycles. The SMILES string of the molecule is CC(C)(C)c1ccccc1NC(=O)C(=O)Nc1ccc2c(c1)OCCO2. The fraction of sp³-hybridized carbons (Fsp3) is 0.300. The molecule has 2 amide bonds. The summed E-state index contributed by atoms with van der Waals surface area (Å²) in [6.45, 7) is 7.09. The molecular formula is C20H22N2O4. The minimum atomic E-state index is -0.745. The second-order valence-corrected chi connectivity index (χ2v) is 7.06. The van der Waals surface area contributed by atoms with Crippen molar-refractivity contribution in [2.75, 3.05) is 23.8 Å². The Morgan fingerprint density at radius 1 is 0.885 bits per heavy atom. The predicted octanol–water partition coefficient (Wildman–Crippen LogP) is 3.33. The number of ether oxygens (including phenoxy) is 2. The number of amides is 2. The molecule has 2 aromatic rings. The molecule has 0 aliphatic carbocycles. The Bertz CT molecular complexity index is 840. The van der Waals surface area contributed by atoms with Crippen LogP contribution in [0.4, 0.5) is 11.4 Å². The zero-order valence-electron chi connectivity index (χ0n) is 15.1. The normalized spacial score (nSPS) is 13.0. The molecule has 6 nitrogen and oxygen atoms in total. The monoisotopic (exact) mass is 354 g/mol. The smallest absolute Gasteiger partial charge is 0.314 e. The Balaban J connectivity index is 1.70. The molecule has 0 radical (unpaired) electrons. The van der Waals surface area contributed by atoms with Crippen LogP contribution in [0.25, 0.3) is 0 Å². The van der Waals surface area contributed by atoms with Gasteiger partial charge in [-0.1, -0.05) is 39.0 Å². The van der Waals surface area contributed by atoms with Gasteiger partial charge in [0.25, 0.3) is 0 Å². The number of hydrogen-bond donors (Lipinski definition) is 2. The summed E-state index contributed by atoms with van der Waals surface area (Å²) in [5, 5.41) is 5.28. The van der Waals surface area contributed by atoms with E-state index in [-0.39, 0.29) is 5.41 Å². The molecule has 0 saturated carbocycles. The first-order valence-corrected chi connectivity index (χ1v) is 8.46. The zero-order chi connectivity index (χ0) is 18.7. The van der Waals surface area contributed by atoms with Crippen LogP contribution in [0.2, 0.25) is 0 Å². The van der Waals surface area contributed by atoms with Crippen LogP contribution in [0, 0.1) is 0 Å². The molecule has 0 atom stereocenters. The van der Waals surface area contributed by atoms with Crippen LogP contribution < -0.4 is 20.1 Å². The maximum Gasteiger partial charge on any atom is 0.314 e. The van der Waals surface area contributed by atoms with Gasteiger partial charge in [0.05, 0.1) is 0 Å². The van der Waals surface area contributed by atoms with Gasteiger partial charge in [-0.3, -0.25) is 9.59 Å². The molecule has 136 valence electrons. The van der Waals surface area contributed by atoms with Crippen molar-refractivity contribution in [3.8, 4) is 11.5 Å². The maximum absolute atomic E-state index is 12.3. The summed E-state index contributed by atoms with van der Waals surface area (Å²) in [6, 6.07) is 12.5. The fourth-order valence-corrected chi connectivity index (χ4v) is 2.73. The average Bonchev–Trinajstić information content (AvgIpc) is 2.61. The van der Waals surface area contributed by atoms with Gasteiger partial charge in [-0.25, -0.2) is 0 Å². The Labute approximate surface area is 152 Å². The van der Waals surface area contributed by atoms with E-state index in [0.29, 0.717) is 36.1 Å². The molecule has 1 aliphatic rings. The summed E-state index contributed by atoms with van der Waals surface area (Å²) in [7, 11) is 0. The van der Waals surface area contributed by atoms with Gasteiger partial charge >= 0.3 is 11.8 Å². The average molecular weight is 354 g/mol. The van der Waals surface area contributed by atoms with Gasteiger partial charge in [0.1, 0.15) is 13.2 Å². The number of fused-ring (bicyclic) bond motifs is 1. The summed E-state index contributed by atoms with van der Waals surface area (Å²) < 4.78 is 10.9. The van der Waals surface area contributed by atoms with E-state index in [0.717, 1.165) is 5.56 Å². The highest BCUT2D eigenvalue weighted by atomic mass is 16.6. The molecule has 2 aromatic carbocycles. The van der Waals surface area contributed by atoms with Gasteiger partial charge in [-0.2, -0.15) is 0 Å². The van der Waals surface area contributed by atoms with Gasteiger partial charge < -0.3 is 20.1 Å². The van der Waals surface area contributed by atoms with Crippen molar-refractivity contribution in [2.45, 2.75) is 26.2 Å². The van der Waals surface area contributed by atoms with Gasteiger partial charge in [-0.15, -0.1) is 0 Å². The third kappa shape index (κ3) is 3.96. The number of para-hydroxylation sites is 1. The zero-order valence-corrected chi connectivity index (χ0v) is 15.1. The lowest BCUT2D eigenvalue weighted by Crippen LogP contribution is -2.30. The molecule has 0 unspecified atom stereocenters. The third-order valence-corrected chi connectivity index (χ3v) is 3.99. The predicted molar refractivity (Wildman–Crippen MR) is 99.8 cm³/mol. The minimum Gasteiger partial charge on any atom is -0.486 e. The Kier molecular flexibility index (Phi) is 4.84. The Morgan fingerprint density at radius 3 is 2.27 bits per heavy atom. The maximum atomic E-state index is 12.3. The van der Waals surface area contributed by atoms with E-state index in [2.05, 4.69) is 10.6 Å². The second kappa shape index (κ2) is 7.07. The van der Waals surface area contributed by atoms with Crippen molar-refractivity contribution in [2.24, 2.45) is 0 Å². The topological polar surface area (TPSA) is 76.7 Å². The molecular weight excluding hydrogens is 332 g/mol. The number of hydrogen-bond acceptors (Lipinski definition) is 4. The van der Waals surface area contributed by atoms with E-state index in [4.69, 9.17) is 9.47 Å². The lowest BCUT2D eigenvalue weighted by atomic mass is 9.86. The second-order valence-electron chi connectivity index (χ2n) is 7.06.